The molecule has 1 aromatic rings. The van der Waals surface area contributed by atoms with Crippen LogP contribution in [-0.2, 0) is 11.2 Å². The zero-order chi connectivity index (χ0) is 13.6. The van der Waals surface area contributed by atoms with Crippen LogP contribution in [0.3, 0.4) is 0 Å². The fourth-order valence-electron chi connectivity index (χ4n) is 3.55. The standard InChI is InChI=1S/C15H18ClNO2/c1-9-7-17(8-12(9)15(18)19)14-6-5-10-11(14)3-2-4-13(10)16/h2-4,9,12,14H,5-8H2,1H3,(H,18,19)/t9-,12-,14?/m1/s1. The highest BCUT2D eigenvalue weighted by molar-refractivity contribution is 6.31. The lowest BCUT2D eigenvalue weighted by molar-refractivity contribution is -0.142. The Labute approximate surface area is 118 Å². The van der Waals surface area contributed by atoms with Crippen LogP contribution in [0.15, 0.2) is 18.2 Å². The second-order valence-corrected chi connectivity index (χ2v) is 6.15. The number of fused-ring (bicyclic) bond motifs is 1. The van der Waals surface area contributed by atoms with E-state index in [1.165, 1.54) is 11.1 Å². The van der Waals surface area contributed by atoms with Crippen LogP contribution in [0.25, 0.3) is 0 Å². The van der Waals surface area contributed by atoms with Crippen molar-refractivity contribution in [2.75, 3.05) is 13.1 Å². The van der Waals surface area contributed by atoms with Gasteiger partial charge in [-0.3, -0.25) is 9.69 Å². The summed E-state index contributed by atoms with van der Waals surface area (Å²) < 4.78 is 0. The fourth-order valence-corrected chi connectivity index (χ4v) is 3.82. The number of hydrogen-bond donors (Lipinski definition) is 1. The second-order valence-electron chi connectivity index (χ2n) is 5.74. The van der Waals surface area contributed by atoms with Crippen LogP contribution >= 0.6 is 11.6 Å². The van der Waals surface area contributed by atoms with Gasteiger partial charge in [-0.2, -0.15) is 0 Å². The van der Waals surface area contributed by atoms with E-state index >= 15 is 0 Å². The Bertz CT molecular complexity index is 517. The number of halogens is 1. The maximum Gasteiger partial charge on any atom is 0.308 e. The van der Waals surface area contributed by atoms with E-state index in [1.807, 2.05) is 19.1 Å². The van der Waals surface area contributed by atoms with Gasteiger partial charge in [-0.05, 0) is 36.0 Å². The normalized spacial score (nSPS) is 30.5. The Morgan fingerprint density at radius 2 is 2.21 bits per heavy atom. The average molecular weight is 280 g/mol. The zero-order valence-corrected chi connectivity index (χ0v) is 11.7. The van der Waals surface area contributed by atoms with E-state index in [0.29, 0.717) is 12.6 Å². The first-order valence-electron chi connectivity index (χ1n) is 6.82. The molecule has 19 heavy (non-hydrogen) atoms. The molecule has 102 valence electrons. The van der Waals surface area contributed by atoms with Crippen LogP contribution in [0.1, 0.15) is 30.5 Å². The Balaban J connectivity index is 1.84. The second kappa shape index (κ2) is 4.80. The molecule has 1 N–H and O–H groups in total. The monoisotopic (exact) mass is 279 g/mol. The van der Waals surface area contributed by atoms with E-state index in [0.717, 1.165) is 24.4 Å². The number of rotatable bonds is 2. The van der Waals surface area contributed by atoms with Crippen LogP contribution in [0.4, 0.5) is 0 Å². The van der Waals surface area contributed by atoms with Crippen molar-refractivity contribution in [1.82, 2.24) is 4.90 Å². The summed E-state index contributed by atoms with van der Waals surface area (Å²) in [4.78, 5) is 13.5. The molecule has 3 nitrogen and oxygen atoms in total. The minimum atomic E-state index is -0.667. The molecule has 1 aromatic carbocycles. The van der Waals surface area contributed by atoms with E-state index in [1.54, 1.807) is 0 Å². The van der Waals surface area contributed by atoms with Crippen LogP contribution in [-0.4, -0.2) is 29.1 Å². The van der Waals surface area contributed by atoms with Crippen molar-refractivity contribution < 1.29 is 9.90 Å². The molecule has 0 bridgehead atoms. The third-order valence-electron chi connectivity index (χ3n) is 4.58. The summed E-state index contributed by atoms with van der Waals surface area (Å²) in [5.74, 6) is -0.678. The van der Waals surface area contributed by atoms with Crippen molar-refractivity contribution in [3.8, 4) is 0 Å². The van der Waals surface area contributed by atoms with Gasteiger partial charge in [0, 0.05) is 24.2 Å². The first kappa shape index (κ1) is 12.9. The van der Waals surface area contributed by atoms with Gasteiger partial charge in [0.05, 0.1) is 5.92 Å². The van der Waals surface area contributed by atoms with Crippen LogP contribution < -0.4 is 0 Å². The van der Waals surface area contributed by atoms with Gasteiger partial charge in [0.25, 0.3) is 0 Å². The third-order valence-corrected chi connectivity index (χ3v) is 4.93. The van der Waals surface area contributed by atoms with E-state index in [-0.39, 0.29) is 11.8 Å². The Hall–Kier alpha value is -1.06. The summed E-state index contributed by atoms with van der Waals surface area (Å²) in [6, 6.07) is 6.42. The number of nitrogens with zero attached hydrogens (tertiary/aromatic N) is 1. The van der Waals surface area contributed by atoms with Crippen molar-refractivity contribution in [3.63, 3.8) is 0 Å². The van der Waals surface area contributed by atoms with Gasteiger partial charge < -0.3 is 5.11 Å². The van der Waals surface area contributed by atoms with Crippen molar-refractivity contribution in [3.05, 3.63) is 34.3 Å². The summed E-state index contributed by atoms with van der Waals surface area (Å²) in [5, 5.41) is 10.1. The van der Waals surface area contributed by atoms with Crippen molar-refractivity contribution in [1.29, 1.82) is 0 Å². The maximum atomic E-state index is 11.2. The molecule has 4 heteroatoms. The number of benzene rings is 1. The van der Waals surface area contributed by atoms with Crippen LogP contribution in [0.2, 0.25) is 5.02 Å². The Kier molecular flexibility index (Phi) is 3.27. The summed E-state index contributed by atoms with van der Waals surface area (Å²) in [6.45, 7) is 3.56. The summed E-state index contributed by atoms with van der Waals surface area (Å²) in [7, 11) is 0. The topological polar surface area (TPSA) is 40.5 Å². The molecule has 1 saturated heterocycles. The SMILES string of the molecule is C[C@@H]1CN(C2CCc3c(Cl)cccc32)C[C@H]1C(=O)O. The first-order valence-corrected chi connectivity index (χ1v) is 7.20. The van der Waals surface area contributed by atoms with Crippen molar-refractivity contribution in [2.24, 2.45) is 11.8 Å². The molecule has 0 spiro atoms. The largest absolute Gasteiger partial charge is 0.481 e. The predicted molar refractivity (Wildman–Crippen MR) is 74.4 cm³/mol. The summed E-state index contributed by atoms with van der Waals surface area (Å²) >= 11 is 6.24. The molecular weight excluding hydrogens is 262 g/mol. The minimum Gasteiger partial charge on any atom is -0.481 e. The minimum absolute atomic E-state index is 0.223. The molecule has 1 fully saturated rings. The molecule has 0 amide bonds. The lowest BCUT2D eigenvalue weighted by atomic mass is 9.99. The summed E-state index contributed by atoms with van der Waals surface area (Å²) in [6.07, 6.45) is 2.06. The first-order chi connectivity index (χ1) is 9.08. The predicted octanol–water partition coefficient (Wildman–Crippen LogP) is 2.98. The summed E-state index contributed by atoms with van der Waals surface area (Å²) in [5.41, 5.74) is 2.55. The van der Waals surface area contributed by atoms with E-state index in [4.69, 9.17) is 11.6 Å². The van der Waals surface area contributed by atoms with Gasteiger partial charge in [-0.25, -0.2) is 0 Å². The molecule has 0 radical (unpaired) electrons. The number of likely N-dealkylation sites (tertiary alicyclic amines) is 1. The quantitative estimate of drug-likeness (QED) is 0.905. The molecule has 1 aliphatic heterocycles. The van der Waals surface area contributed by atoms with E-state index in [2.05, 4.69) is 11.0 Å². The van der Waals surface area contributed by atoms with Gasteiger partial charge in [0.15, 0.2) is 0 Å². The highest BCUT2D eigenvalue weighted by Gasteiger charge is 2.40. The Morgan fingerprint density at radius 1 is 1.42 bits per heavy atom. The number of carboxylic acids is 1. The molecule has 2 aliphatic rings. The average Bonchev–Trinajstić information content (AvgIpc) is 2.93. The van der Waals surface area contributed by atoms with Crippen molar-refractivity contribution in [2.45, 2.75) is 25.8 Å². The highest BCUT2D eigenvalue weighted by atomic mass is 35.5. The molecule has 3 atom stereocenters. The highest BCUT2D eigenvalue weighted by Crippen LogP contribution is 2.41. The molecule has 0 saturated carbocycles. The van der Waals surface area contributed by atoms with Crippen molar-refractivity contribution >= 4 is 17.6 Å². The molecule has 1 heterocycles. The number of carboxylic acid groups (broad SMARTS) is 1. The van der Waals surface area contributed by atoms with Gasteiger partial charge >= 0.3 is 5.97 Å². The van der Waals surface area contributed by atoms with Crippen LogP contribution in [0.5, 0.6) is 0 Å². The smallest absolute Gasteiger partial charge is 0.308 e. The fraction of sp³-hybridized carbons (Fsp3) is 0.533. The zero-order valence-electron chi connectivity index (χ0n) is 11.0. The lowest BCUT2D eigenvalue weighted by Gasteiger charge is -2.24. The Morgan fingerprint density at radius 3 is 2.89 bits per heavy atom. The number of hydrogen-bond acceptors (Lipinski definition) is 2. The molecular formula is C15H18ClNO2. The molecule has 0 aromatic heterocycles. The van der Waals surface area contributed by atoms with E-state index < -0.39 is 5.97 Å². The van der Waals surface area contributed by atoms with Gasteiger partial charge in [0.2, 0.25) is 0 Å². The molecule has 3 rings (SSSR count). The van der Waals surface area contributed by atoms with E-state index in [9.17, 15) is 9.90 Å². The molecule has 1 aliphatic carbocycles. The molecule has 1 unspecified atom stereocenters. The van der Waals surface area contributed by atoms with Gasteiger partial charge in [-0.15, -0.1) is 0 Å². The third kappa shape index (κ3) is 2.15. The van der Waals surface area contributed by atoms with Gasteiger partial charge in [-0.1, -0.05) is 30.7 Å². The lowest BCUT2D eigenvalue weighted by Crippen LogP contribution is -2.26. The van der Waals surface area contributed by atoms with Crippen LogP contribution in [0, 0.1) is 11.8 Å². The number of carbonyl (C=O) groups is 1. The number of aliphatic carboxylic acids is 1. The maximum absolute atomic E-state index is 11.2. The van der Waals surface area contributed by atoms with Gasteiger partial charge in [0.1, 0.15) is 0 Å².